The number of aryl methyl sites for hydroxylation is 1. The SMILES string of the molecule is Cc1ccc(Cl)cc1NC(=O)NCC1CCC(Nc2nc(N(C)C)c3ccccc3n2)CC1. The average molecular weight is 467 g/mol. The van der Waals surface area contributed by atoms with E-state index >= 15 is 0 Å². The zero-order valence-electron chi connectivity index (χ0n) is 19.4. The summed E-state index contributed by atoms with van der Waals surface area (Å²) in [4.78, 5) is 23.8. The molecule has 2 aromatic carbocycles. The average Bonchev–Trinajstić information content (AvgIpc) is 2.80. The third kappa shape index (κ3) is 5.85. The number of hydrogen-bond acceptors (Lipinski definition) is 5. The molecule has 3 aromatic rings. The number of anilines is 3. The van der Waals surface area contributed by atoms with Gasteiger partial charge in [0.25, 0.3) is 0 Å². The van der Waals surface area contributed by atoms with Gasteiger partial charge < -0.3 is 20.9 Å². The summed E-state index contributed by atoms with van der Waals surface area (Å²) < 4.78 is 0. The van der Waals surface area contributed by atoms with Crippen molar-refractivity contribution in [2.45, 2.75) is 38.6 Å². The molecule has 0 aliphatic heterocycles. The number of urea groups is 1. The predicted octanol–water partition coefficient (Wildman–Crippen LogP) is 5.45. The first-order valence-corrected chi connectivity index (χ1v) is 11.8. The van der Waals surface area contributed by atoms with Gasteiger partial charge in [-0.05, 0) is 68.4 Å². The molecule has 0 bridgehead atoms. The zero-order chi connectivity index (χ0) is 23.4. The van der Waals surface area contributed by atoms with Gasteiger partial charge in [-0.3, -0.25) is 0 Å². The minimum absolute atomic E-state index is 0.193. The minimum atomic E-state index is -0.193. The molecule has 1 aromatic heterocycles. The summed E-state index contributed by atoms with van der Waals surface area (Å²) in [7, 11) is 4.00. The number of nitrogens with one attached hydrogen (secondary N) is 3. The summed E-state index contributed by atoms with van der Waals surface area (Å²) in [6, 6.07) is 13.7. The Morgan fingerprint density at radius 1 is 1.09 bits per heavy atom. The van der Waals surface area contributed by atoms with Crippen LogP contribution in [0.25, 0.3) is 10.9 Å². The smallest absolute Gasteiger partial charge is 0.319 e. The van der Waals surface area contributed by atoms with Gasteiger partial charge in [-0.1, -0.05) is 29.8 Å². The Labute approximate surface area is 199 Å². The van der Waals surface area contributed by atoms with Crippen LogP contribution in [0.3, 0.4) is 0 Å². The van der Waals surface area contributed by atoms with Gasteiger partial charge in [0.1, 0.15) is 5.82 Å². The maximum absolute atomic E-state index is 12.3. The van der Waals surface area contributed by atoms with Gasteiger partial charge in [0.2, 0.25) is 5.95 Å². The largest absolute Gasteiger partial charge is 0.362 e. The van der Waals surface area contributed by atoms with E-state index in [-0.39, 0.29) is 6.03 Å². The third-order valence-electron chi connectivity index (χ3n) is 6.19. The number of rotatable bonds is 6. The molecule has 2 amide bonds. The molecule has 3 N–H and O–H groups in total. The maximum atomic E-state index is 12.3. The fraction of sp³-hybridized carbons (Fsp3) is 0.400. The number of nitrogens with zero attached hydrogens (tertiary/aromatic N) is 3. The Morgan fingerprint density at radius 3 is 2.61 bits per heavy atom. The molecule has 0 atom stereocenters. The number of carbonyl (C=O) groups excluding carboxylic acids is 1. The second-order valence-corrected chi connectivity index (χ2v) is 9.38. The van der Waals surface area contributed by atoms with E-state index in [0.717, 1.165) is 53.7 Å². The number of hydrogen-bond donors (Lipinski definition) is 3. The van der Waals surface area contributed by atoms with Crippen LogP contribution in [0.15, 0.2) is 42.5 Å². The van der Waals surface area contributed by atoms with E-state index in [1.54, 1.807) is 6.07 Å². The summed E-state index contributed by atoms with van der Waals surface area (Å²) in [5, 5.41) is 11.1. The number of benzene rings is 2. The molecule has 1 heterocycles. The van der Waals surface area contributed by atoms with Crippen LogP contribution < -0.4 is 20.9 Å². The van der Waals surface area contributed by atoms with Crippen molar-refractivity contribution in [3.05, 3.63) is 53.1 Å². The molecule has 33 heavy (non-hydrogen) atoms. The minimum Gasteiger partial charge on any atom is -0.362 e. The molecule has 8 heteroatoms. The van der Waals surface area contributed by atoms with Gasteiger partial charge in [0, 0.05) is 42.8 Å². The van der Waals surface area contributed by atoms with Crippen molar-refractivity contribution in [2.75, 3.05) is 36.2 Å². The van der Waals surface area contributed by atoms with Crippen molar-refractivity contribution in [3.63, 3.8) is 0 Å². The zero-order valence-corrected chi connectivity index (χ0v) is 20.1. The number of carbonyl (C=O) groups is 1. The summed E-state index contributed by atoms with van der Waals surface area (Å²) in [6.07, 6.45) is 4.13. The molecule has 4 rings (SSSR count). The van der Waals surface area contributed by atoms with Gasteiger partial charge in [-0.15, -0.1) is 0 Å². The van der Waals surface area contributed by atoms with Crippen LogP contribution in [0.1, 0.15) is 31.2 Å². The molecule has 1 fully saturated rings. The molecule has 0 saturated heterocycles. The van der Waals surface area contributed by atoms with E-state index in [1.165, 1.54) is 0 Å². The highest BCUT2D eigenvalue weighted by Gasteiger charge is 2.23. The van der Waals surface area contributed by atoms with E-state index in [0.29, 0.717) is 29.5 Å². The lowest BCUT2D eigenvalue weighted by atomic mass is 9.86. The first-order chi connectivity index (χ1) is 15.9. The second-order valence-electron chi connectivity index (χ2n) is 8.94. The molecule has 1 saturated carbocycles. The summed E-state index contributed by atoms with van der Waals surface area (Å²) in [5.41, 5.74) is 2.66. The second kappa shape index (κ2) is 10.3. The summed E-state index contributed by atoms with van der Waals surface area (Å²) >= 11 is 6.03. The lowest BCUT2D eigenvalue weighted by molar-refractivity contribution is 0.246. The van der Waals surface area contributed by atoms with Crippen molar-refractivity contribution in [1.29, 1.82) is 0 Å². The summed E-state index contributed by atoms with van der Waals surface area (Å²) in [6.45, 7) is 2.61. The lowest BCUT2D eigenvalue weighted by Crippen LogP contribution is -2.36. The van der Waals surface area contributed by atoms with Crippen LogP contribution in [0.5, 0.6) is 0 Å². The van der Waals surface area contributed by atoms with Gasteiger partial charge in [0.05, 0.1) is 5.52 Å². The Kier molecular flexibility index (Phi) is 7.18. The maximum Gasteiger partial charge on any atom is 0.319 e. The highest BCUT2D eigenvalue weighted by molar-refractivity contribution is 6.31. The number of aromatic nitrogens is 2. The van der Waals surface area contributed by atoms with Gasteiger partial charge in [-0.25, -0.2) is 9.78 Å². The van der Waals surface area contributed by atoms with Crippen molar-refractivity contribution >= 4 is 46.0 Å². The molecular formula is C25H31ClN6O. The molecular weight excluding hydrogens is 436 g/mol. The summed E-state index contributed by atoms with van der Waals surface area (Å²) in [5.74, 6) is 2.06. The quantitative estimate of drug-likeness (QED) is 0.450. The Morgan fingerprint density at radius 2 is 1.85 bits per heavy atom. The van der Waals surface area contributed by atoms with Crippen molar-refractivity contribution < 1.29 is 4.79 Å². The van der Waals surface area contributed by atoms with Crippen molar-refractivity contribution in [3.8, 4) is 0 Å². The Hall–Kier alpha value is -3.06. The topological polar surface area (TPSA) is 82.2 Å². The first kappa shape index (κ1) is 23.1. The number of halogens is 1. The van der Waals surface area contributed by atoms with E-state index in [4.69, 9.17) is 21.6 Å². The molecule has 0 spiro atoms. The van der Waals surface area contributed by atoms with Crippen LogP contribution in [-0.2, 0) is 0 Å². The molecule has 7 nitrogen and oxygen atoms in total. The van der Waals surface area contributed by atoms with Crippen LogP contribution in [0, 0.1) is 12.8 Å². The van der Waals surface area contributed by atoms with Crippen molar-refractivity contribution in [1.82, 2.24) is 15.3 Å². The Balaban J connectivity index is 1.28. The van der Waals surface area contributed by atoms with Crippen LogP contribution in [-0.4, -0.2) is 42.7 Å². The molecule has 174 valence electrons. The van der Waals surface area contributed by atoms with E-state index < -0.39 is 0 Å². The van der Waals surface area contributed by atoms with Gasteiger partial charge in [0.15, 0.2) is 0 Å². The number of fused-ring (bicyclic) bond motifs is 1. The lowest BCUT2D eigenvalue weighted by Gasteiger charge is -2.29. The highest BCUT2D eigenvalue weighted by atomic mass is 35.5. The molecule has 1 aliphatic carbocycles. The predicted molar refractivity (Wildman–Crippen MR) is 136 cm³/mol. The normalized spacial score (nSPS) is 18.1. The molecule has 0 radical (unpaired) electrons. The van der Waals surface area contributed by atoms with E-state index in [9.17, 15) is 4.79 Å². The fourth-order valence-corrected chi connectivity index (χ4v) is 4.46. The number of para-hydroxylation sites is 1. The van der Waals surface area contributed by atoms with Crippen LogP contribution >= 0.6 is 11.6 Å². The Bertz CT molecular complexity index is 1130. The van der Waals surface area contributed by atoms with Crippen molar-refractivity contribution in [2.24, 2.45) is 5.92 Å². The van der Waals surface area contributed by atoms with Crippen LogP contribution in [0.4, 0.5) is 22.2 Å². The van der Waals surface area contributed by atoms with Gasteiger partial charge >= 0.3 is 6.03 Å². The third-order valence-corrected chi connectivity index (χ3v) is 6.42. The van der Waals surface area contributed by atoms with Gasteiger partial charge in [-0.2, -0.15) is 4.98 Å². The first-order valence-electron chi connectivity index (χ1n) is 11.4. The standard InChI is InChI=1S/C25H31ClN6O/c1-16-8-11-18(26)14-22(16)30-25(33)27-15-17-9-12-19(13-10-17)28-24-29-21-7-5-4-6-20(21)23(31-24)32(2)3/h4-8,11,14,17,19H,9-10,12-13,15H2,1-3H3,(H2,27,30,33)(H,28,29,31). The molecule has 1 aliphatic rings. The monoisotopic (exact) mass is 466 g/mol. The fourth-order valence-electron chi connectivity index (χ4n) is 4.29. The van der Waals surface area contributed by atoms with Crippen LogP contribution in [0.2, 0.25) is 5.02 Å². The molecule has 0 unspecified atom stereocenters. The number of amides is 2. The van der Waals surface area contributed by atoms with E-state index in [1.807, 2.05) is 56.3 Å². The highest BCUT2D eigenvalue weighted by Crippen LogP contribution is 2.28. The van der Waals surface area contributed by atoms with E-state index in [2.05, 4.69) is 22.0 Å².